The lowest BCUT2D eigenvalue weighted by molar-refractivity contribution is -0.132. The van der Waals surface area contributed by atoms with Crippen LogP contribution in [0.2, 0.25) is 0 Å². The van der Waals surface area contributed by atoms with Crippen LogP contribution in [0.15, 0.2) is 10.5 Å². The summed E-state index contributed by atoms with van der Waals surface area (Å²) in [5, 5.41) is 0. The van der Waals surface area contributed by atoms with Crippen LogP contribution in [0.3, 0.4) is 0 Å². The first-order chi connectivity index (χ1) is 11.4. The molecular formula is C18H26N2O4. The standard InChI is InChI=1S/C18H26N2O4/c1-12-10-16(24-13(12)2)18(23)20(8-9-21)17(22)15(19)11-14-6-4-3-5-7-14/h9-10,14-15H,3-8,11,19H2,1-2H3/t15-/m0/s1. The molecule has 1 fully saturated rings. The highest BCUT2D eigenvalue weighted by Gasteiger charge is 2.31. The minimum absolute atomic E-state index is 0.0602. The monoisotopic (exact) mass is 334 g/mol. The topological polar surface area (TPSA) is 93.6 Å². The summed E-state index contributed by atoms with van der Waals surface area (Å²) >= 11 is 0. The van der Waals surface area contributed by atoms with Crippen LogP contribution in [-0.4, -0.2) is 35.6 Å². The molecule has 6 heteroatoms. The number of imide groups is 1. The van der Waals surface area contributed by atoms with Gasteiger partial charge in [-0.2, -0.15) is 0 Å². The molecule has 1 saturated carbocycles. The Kier molecular flexibility index (Phi) is 6.31. The van der Waals surface area contributed by atoms with Gasteiger partial charge < -0.3 is 14.9 Å². The first kappa shape index (κ1) is 18.4. The minimum atomic E-state index is -0.769. The van der Waals surface area contributed by atoms with Crippen LogP contribution in [0.4, 0.5) is 0 Å². The number of carbonyl (C=O) groups excluding carboxylic acids is 3. The number of carbonyl (C=O) groups is 3. The zero-order valence-corrected chi connectivity index (χ0v) is 14.4. The van der Waals surface area contributed by atoms with Crippen LogP contribution >= 0.6 is 0 Å². The van der Waals surface area contributed by atoms with Crippen molar-refractivity contribution in [2.45, 2.75) is 58.4 Å². The molecule has 1 aromatic rings. The highest BCUT2D eigenvalue weighted by molar-refractivity contribution is 6.05. The lowest BCUT2D eigenvalue weighted by atomic mass is 9.85. The molecule has 1 aliphatic carbocycles. The largest absolute Gasteiger partial charge is 0.456 e. The maximum Gasteiger partial charge on any atom is 0.296 e. The third-order valence-corrected chi connectivity index (χ3v) is 4.77. The Bertz CT molecular complexity index is 583. The number of aryl methyl sites for hydroxylation is 2. The van der Waals surface area contributed by atoms with E-state index < -0.39 is 17.9 Å². The van der Waals surface area contributed by atoms with Gasteiger partial charge in [-0.15, -0.1) is 0 Å². The highest BCUT2D eigenvalue weighted by atomic mass is 16.4. The number of aldehydes is 1. The first-order valence-corrected chi connectivity index (χ1v) is 8.56. The zero-order chi connectivity index (χ0) is 17.7. The van der Waals surface area contributed by atoms with Crippen LogP contribution in [0.1, 0.15) is 60.4 Å². The van der Waals surface area contributed by atoms with Crippen molar-refractivity contribution in [2.75, 3.05) is 6.54 Å². The van der Waals surface area contributed by atoms with Crippen molar-refractivity contribution < 1.29 is 18.8 Å². The van der Waals surface area contributed by atoms with E-state index in [0.29, 0.717) is 24.4 Å². The molecule has 6 nitrogen and oxygen atoms in total. The molecule has 0 unspecified atom stereocenters. The molecule has 2 amide bonds. The summed E-state index contributed by atoms with van der Waals surface area (Å²) in [6.45, 7) is 3.25. The van der Waals surface area contributed by atoms with Gasteiger partial charge in [0.05, 0.1) is 12.6 Å². The lowest BCUT2D eigenvalue weighted by Crippen LogP contribution is -2.48. The number of hydrogen-bond acceptors (Lipinski definition) is 5. The van der Waals surface area contributed by atoms with Crippen LogP contribution in [0.5, 0.6) is 0 Å². The second-order valence-electron chi connectivity index (χ2n) is 6.62. The summed E-state index contributed by atoms with van der Waals surface area (Å²) in [6, 6.07) is 0.809. The SMILES string of the molecule is Cc1cc(C(=O)N(CC=O)C(=O)[C@@H](N)CC2CCCCC2)oc1C. The third kappa shape index (κ3) is 4.32. The van der Waals surface area contributed by atoms with Crippen molar-refractivity contribution in [1.82, 2.24) is 4.90 Å². The summed E-state index contributed by atoms with van der Waals surface area (Å²) in [5.41, 5.74) is 6.86. The molecular weight excluding hydrogens is 308 g/mol. The maximum atomic E-state index is 12.6. The van der Waals surface area contributed by atoms with Crippen molar-refractivity contribution >= 4 is 18.1 Å². The van der Waals surface area contributed by atoms with Crippen molar-refractivity contribution in [1.29, 1.82) is 0 Å². The Morgan fingerprint density at radius 2 is 2.00 bits per heavy atom. The Balaban J connectivity index is 2.08. The second kappa shape index (κ2) is 8.24. The quantitative estimate of drug-likeness (QED) is 0.806. The molecule has 2 rings (SSSR count). The summed E-state index contributed by atoms with van der Waals surface area (Å²) in [4.78, 5) is 37.0. The molecule has 0 saturated heterocycles. The zero-order valence-electron chi connectivity index (χ0n) is 14.4. The number of rotatable bonds is 6. The summed E-state index contributed by atoms with van der Waals surface area (Å²) < 4.78 is 5.38. The minimum Gasteiger partial charge on any atom is -0.456 e. The van der Waals surface area contributed by atoms with Gasteiger partial charge in [0.25, 0.3) is 5.91 Å². The number of amides is 2. The van der Waals surface area contributed by atoms with Gasteiger partial charge >= 0.3 is 0 Å². The van der Waals surface area contributed by atoms with Gasteiger partial charge in [0.2, 0.25) is 5.91 Å². The van der Waals surface area contributed by atoms with E-state index in [1.165, 1.54) is 6.42 Å². The number of furan rings is 1. The van der Waals surface area contributed by atoms with Crippen molar-refractivity contribution in [3.05, 3.63) is 23.2 Å². The lowest BCUT2D eigenvalue weighted by Gasteiger charge is -2.26. The third-order valence-electron chi connectivity index (χ3n) is 4.77. The predicted molar refractivity (Wildman–Crippen MR) is 89.5 cm³/mol. The Morgan fingerprint density at radius 3 is 2.54 bits per heavy atom. The van der Waals surface area contributed by atoms with Crippen LogP contribution < -0.4 is 5.73 Å². The fourth-order valence-electron chi connectivity index (χ4n) is 3.24. The molecule has 132 valence electrons. The normalized spacial score (nSPS) is 16.6. The van der Waals surface area contributed by atoms with E-state index in [2.05, 4.69) is 0 Å². The first-order valence-electron chi connectivity index (χ1n) is 8.56. The van der Waals surface area contributed by atoms with Crippen LogP contribution in [0, 0.1) is 19.8 Å². The van der Waals surface area contributed by atoms with Crippen molar-refractivity contribution in [3.63, 3.8) is 0 Å². The molecule has 24 heavy (non-hydrogen) atoms. The van der Waals surface area contributed by atoms with Gasteiger partial charge in [0.15, 0.2) is 5.76 Å². The van der Waals surface area contributed by atoms with Crippen molar-refractivity contribution in [3.8, 4) is 0 Å². The fourth-order valence-corrected chi connectivity index (χ4v) is 3.24. The number of nitrogens with two attached hydrogens (primary N) is 1. The highest BCUT2D eigenvalue weighted by Crippen LogP contribution is 2.27. The fraction of sp³-hybridized carbons (Fsp3) is 0.611. The molecule has 1 heterocycles. The number of hydrogen-bond donors (Lipinski definition) is 1. The van der Waals surface area contributed by atoms with E-state index in [1.54, 1.807) is 13.0 Å². The maximum absolute atomic E-state index is 12.6. The molecule has 1 aliphatic rings. The molecule has 0 spiro atoms. The average molecular weight is 334 g/mol. The van der Waals surface area contributed by atoms with Gasteiger partial charge in [-0.3, -0.25) is 14.5 Å². The molecule has 1 aromatic heterocycles. The van der Waals surface area contributed by atoms with E-state index in [9.17, 15) is 14.4 Å². The Labute approximate surface area is 142 Å². The van der Waals surface area contributed by atoms with Gasteiger partial charge in [-0.1, -0.05) is 32.1 Å². The molecule has 0 radical (unpaired) electrons. The van der Waals surface area contributed by atoms with Crippen LogP contribution in [-0.2, 0) is 9.59 Å². The summed E-state index contributed by atoms with van der Waals surface area (Å²) in [7, 11) is 0. The van der Waals surface area contributed by atoms with Crippen LogP contribution in [0.25, 0.3) is 0 Å². The second-order valence-corrected chi connectivity index (χ2v) is 6.62. The molecule has 0 aliphatic heterocycles. The van der Waals surface area contributed by atoms with E-state index >= 15 is 0 Å². The van der Waals surface area contributed by atoms with Gasteiger partial charge in [0, 0.05) is 0 Å². The van der Waals surface area contributed by atoms with E-state index in [-0.39, 0.29) is 12.3 Å². The summed E-state index contributed by atoms with van der Waals surface area (Å²) in [6.07, 6.45) is 6.77. The predicted octanol–water partition coefficient (Wildman–Crippen LogP) is 2.36. The molecule has 1 atom stereocenters. The molecule has 0 bridgehead atoms. The van der Waals surface area contributed by atoms with E-state index in [4.69, 9.17) is 10.2 Å². The Morgan fingerprint density at radius 1 is 1.33 bits per heavy atom. The smallest absolute Gasteiger partial charge is 0.296 e. The molecule has 2 N–H and O–H groups in total. The Hall–Kier alpha value is -1.95. The molecule has 0 aromatic carbocycles. The number of nitrogens with zero attached hydrogens (tertiary/aromatic N) is 1. The van der Waals surface area contributed by atoms with E-state index in [1.807, 2.05) is 6.92 Å². The van der Waals surface area contributed by atoms with E-state index in [0.717, 1.165) is 36.1 Å². The summed E-state index contributed by atoms with van der Waals surface area (Å²) in [5.74, 6) is -0.0285. The average Bonchev–Trinajstić information content (AvgIpc) is 2.91. The van der Waals surface area contributed by atoms with Gasteiger partial charge in [0.1, 0.15) is 12.0 Å². The van der Waals surface area contributed by atoms with Gasteiger partial charge in [-0.05, 0) is 37.8 Å². The van der Waals surface area contributed by atoms with Crippen molar-refractivity contribution in [2.24, 2.45) is 11.7 Å². The van der Waals surface area contributed by atoms with Gasteiger partial charge in [-0.25, -0.2) is 0 Å².